The minimum Gasteiger partial charge on any atom is -0.497 e. The molecule has 0 aliphatic rings. The van der Waals surface area contributed by atoms with Crippen LogP contribution in [-0.2, 0) is 9.53 Å². The molecule has 4 aromatic rings. The zero-order chi connectivity index (χ0) is 23.0. The smallest absolute Gasteiger partial charge is 0.352 e. The fourth-order valence-electron chi connectivity index (χ4n) is 3.28. The summed E-state index contributed by atoms with van der Waals surface area (Å²) in [4.78, 5) is 18.5. The maximum atomic E-state index is 12.8. The van der Waals surface area contributed by atoms with Gasteiger partial charge in [-0.25, -0.2) is 9.78 Å². The minimum absolute atomic E-state index is 0.102. The van der Waals surface area contributed by atoms with Crippen LogP contribution in [0.15, 0.2) is 96.9 Å². The molecule has 0 N–H and O–H groups in total. The molecule has 0 radical (unpaired) electrons. The number of methoxy groups -OCH3 is 1. The van der Waals surface area contributed by atoms with Crippen molar-refractivity contribution in [1.82, 2.24) is 4.98 Å². The molecule has 4 rings (SSSR count). The monoisotopic (exact) mass is 457 g/mol. The molecule has 0 amide bonds. The molecular weight excluding hydrogens is 434 g/mol. The number of benzene rings is 2. The van der Waals surface area contributed by atoms with Crippen LogP contribution in [0.1, 0.15) is 11.7 Å². The minimum atomic E-state index is -0.957. The van der Waals surface area contributed by atoms with Crippen LogP contribution in [0.5, 0.6) is 11.6 Å². The summed E-state index contributed by atoms with van der Waals surface area (Å²) >= 11 is 1.59. The molecule has 2 aromatic carbocycles. The number of nitrogens with zero attached hydrogens (tertiary/aromatic N) is 1. The van der Waals surface area contributed by atoms with Crippen molar-refractivity contribution in [2.75, 3.05) is 13.7 Å². The Balaban J connectivity index is 1.74. The topological polar surface area (TPSA) is 57.7 Å². The Morgan fingerprint density at radius 1 is 1.03 bits per heavy atom. The molecule has 2 heterocycles. The van der Waals surface area contributed by atoms with Crippen LogP contribution in [-0.4, -0.2) is 24.7 Å². The number of rotatable bonds is 9. The number of hydrogen-bond acceptors (Lipinski definition) is 6. The third-order valence-corrected chi connectivity index (χ3v) is 5.79. The highest BCUT2D eigenvalue weighted by atomic mass is 32.1. The number of esters is 1. The summed E-state index contributed by atoms with van der Waals surface area (Å²) in [5.74, 6) is 0.600. The molecule has 0 bridgehead atoms. The lowest BCUT2D eigenvalue weighted by Crippen LogP contribution is -2.22. The Kier molecular flexibility index (Phi) is 7.17. The normalized spacial score (nSPS) is 11.4. The molecular formula is C27H23NO4S. The van der Waals surface area contributed by atoms with Crippen LogP contribution in [0, 0.1) is 0 Å². The van der Waals surface area contributed by atoms with E-state index < -0.39 is 12.1 Å². The van der Waals surface area contributed by atoms with Crippen molar-refractivity contribution in [3.8, 4) is 33.3 Å². The first-order valence-corrected chi connectivity index (χ1v) is 11.3. The summed E-state index contributed by atoms with van der Waals surface area (Å²) in [6, 6.07) is 24.8. The molecule has 33 heavy (non-hydrogen) atoms. The highest BCUT2D eigenvalue weighted by Gasteiger charge is 2.25. The zero-order valence-electron chi connectivity index (χ0n) is 18.1. The lowest BCUT2D eigenvalue weighted by atomic mass is 10.1. The van der Waals surface area contributed by atoms with Gasteiger partial charge in [0.05, 0.1) is 17.7 Å². The van der Waals surface area contributed by atoms with Gasteiger partial charge >= 0.3 is 5.97 Å². The summed E-state index contributed by atoms with van der Waals surface area (Å²) in [6.45, 7) is 3.71. The lowest BCUT2D eigenvalue weighted by Gasteiger charge is -2.18. The third kappa shape index (κ3) is 5.48. The molecule has 0 spiro atoms. The fourth-order valence-corrected chi connectivity index (χ4v) is 3.97. The second-order valence-electron chi connectivity index (χ2n) is 7.11. The van der Waals surface area contributed by atoms with Crippen LogP contribution < -0.4 is 9.47 Å². The lowest BCUT2D eigenvalue weighted by molar-refractivity contribution is -0.151. The molecule has 0 saturated heterocycles. The van der Waals surface area contributed by atoms with Gasteiger partial charge < -0.3 is 14.2 Å². The van der Waals surface area contributed by atoms with Gasteiger partial charge in [0.2, 0.25) is 12.0 Å². The number of pyridine rings is 1. The van der Waals surface area contributed by atoms with Gasteiger partial charge in [-0.3, -0.25) is 0 Å². The Hall–Kier alpha value is -3.90. The van der Waals surface area contributed by atoms with Crippen molar-refractivity contribution < 1.29 is 19.0 Å². The quantitative estimate of drug-likeness (QED) is 0.217. The Labute approximate surface area is 196 Å². The number of hydrogen-bond donors (Lipinski definition) is 0. The molecule has 0 saturated carbocycles. The van der Waals surface area contributed by atoms with Crippen LogP contribution in [0.3, 0.4) is 0 Å². The summed E-state index contributed by atoms with van der Waals surface area (Å²) in [6.07, 6.45) is 0.568. The Morgan fingerprint density at radius 2 is 1.82 bits per heavy atom. The van der Waals surface area contributed by atoms with Crippen molar-refractivity contribution in [2.24, 2.45) is 0 Å². The van der Waals surface area contributed by atoms with Gasteiger partial charge in [0.1, 0.15) is 12.4 Å². The van der Waals surface area contributed by atoms with Gasteiger partial charge in [-0.15, -0.1) is 11.3 Å². The van der Waals surface area contributed by atoms with E-state index in [9.17, 15) is 4.79 Å². The standard InChI is InChI=1S/C27H23NO4S/c1-3-15-31-27(29)26(20-8-5-4-6-9-20)32-25-18-21(19-11-13-22(30-2)14-12-19)17-23(28-25)24-10-7-16-33-24/h3-14,16-18,26H,1,15H2,2H3. The molecule has 6 heteroatoms. The first-order chi connectivity index (χ1) is 16.2. The van der Waals surface area contributed by atoms with Gasteiger partial charge in [-0.2, -0.15) is 0 Å². The average molecular weight is 458 g/mol. The number of aromatic nitrogens is 1. The van der Waals surface area contributed by atoms with E-state index >= 15 is 0 Å². The SMILES string of the molecule is C=CCOC(=O)C(Oc1cc(-c2ccc(OC)cc2)cc(-c2cccs2)n1)c1ccccc1. The van der Waals surface area contributed by atoms with E-state index in [0.717, 1.165) is 27.4 Å². The molecule has 5 nitrogen and oxygen atoms in total. The van der Waals surface area contributed by atoms with E-state index in [1.54, 1.807) is 18.4 Å². The van der Waals surface area contributed by atoms with E-state index in [-0.39, 0.29) is 6.61 Å². The first-order valence-electron chi connectivity index (χ1n) is 10.4. The summed E-state index contributed by atoms with van der Waals surface area (Å²) in [5.41, 5.74) is 3.34. The molecule has 1 atom stereocenters. The maximum absolute atomic E-state index is 12.8. The number of ether oxygens (including phenoxy) is 3. The summed E-state index contributed by atoms with van der Waals surface area (Å²) < 4.78 is 16.7. The number of carbonyl (C=O) groups excluding carboxylic acids is 1. The molecule has 1 unspecified atom stereocenters. The Bertz CT molecular complexity index is 1200. The van der Waals surface area contributed by atoms with E-state index in [2.05, 4.69) is 6.58 Å². The summed E-state index contributed by atoms with van der Waals surface area (Å²) in [7, 11) is 1.64. The fraction of sp³-hybridized carbons (Fsp3) is 0.111. The van der Waals surface area contributed by atoms with E-state index in [4.69, 9.17) is 19.2 Å². The van der Waals surface area contributed by atoms with Gasteiger partial charge in [0, 0.05) is 11.6 Å². The van der Waals surface area contributed by atoms with Crippen molar-refractivity contribution in [2.45, 2.75) is 6.10 Å². The molecule has 2 aromatic heterocycles. The predicted octanol–water partition coefficient (Wildman–Crippen LogP) is 6.34. The highest BCUT2D eigenvalue weighted by Crippen LogP contribution is 2.33. The van der Waals surface area contributed by atoms with Crippen molar-refractivity contribution in [3.63, 3.8) is 0 Å². The zero-order valence-corrected chi connectivity index (χ0v) is 19.0. The molecule has 0 aliphatic carbocycles. The van der Waals surface area contributed by atoms with Gasteiger partial charge in [0.25, 0.3) is 0 Å². The van der Waals surface area contributed by atoms with Crippen molar-refractivity contribution >= 4 is 17.3 Å². The van der Waals surface area contributed by atoms with Crippen LogP contribution in [0.4, 0.5) is 0 Å². The second kappa shape index (κ2) is 10.6. The molecule has 0 fully saturated rings. The molecule has 0 aliphatic heterocycles. The van der Waals surface area contributed by atoms with Crippen LogP contribution in [0.25, 0.3) is 21.7 Å². The number of carbonyl (C=O) groups is 1. The van der Waals surface area contributed by atoms with E-state index in [0.29, 0.717) is 11.4 Å². The average Bonchev–Trinajstić information content (AvgIpc) is 3.41. The van der Waals surface area contributed by atoms with Crippen molar-refractivity contribution in [3.05, 3.63) is 102 Å². The van der Waals surface area contributed by atoms with Crippen LogP contribution >= 0.6 is 11.3 Å². The largest absolute Gasteiger partial charge is 0.497 e. The number of thiophene rings is 1. The second-order valence-corrected chi connectivity index (χ2v) is 8.06. The van der Waals surface area contributed by atoms with E-state index in [1.165, 1.54) is 6.08 Å². The first kappa shape index (κ1) is 22.3. The summed E-state index contributed by atoms with van der Waals surface area (Å²) in [5, 5.41) is 2.00. The van der Waals surface area contributed by atoms with Gasteiger partial charge in [0.15, 0.2) is 0 Å². The third-order valence-electron chi connectivity index (χ3n) is 4.90. The van der Waals surface area contributed by atoms with Crippen LogP contribution in [0.2, 0.25) is 0 Å². The van der Waals surface area contributed by atoms with Gasteiger partial charge in [-0.1, -0.05) is 61.2 Å². The predicted molar refractivity (Wildman–Crippen MR) is 131 cm³/mol. The van der Waals surface area contributed by atoms with E-state index in [1.807, 2.05) is 84.2 Å². The van der Waals surface area contributed by atoms with Crippen molar-refractivity contribution in [1.29, 1.82) is 0 Å². The highest BCUT2D eigenvalue weighted by molar-refractivity contribution is 7.13. The molecule has 166 valence electrons. The maximum Gasteiger partial charge on any atom is 0.352 e. The van der Waals surface area contributed by atoms with Gasteiger partial charge in [-0.05, 0) is 40.8 Å². The Morgan fingerprint density at radius 3 is 2.48 bits per heavy atom.